The molecule has 2 heteroatoms. The van der Waals surface area contributed by atoms with Crippen LogP contribution in [0.1, 0.15) is 37.3 Å². The Morgan fingerprint density at radius 1 is 0.492 bits per heavy atom. The normalized spacial score (nSPS) is 18.9. The van der Waals surface area contributed by atoms with Crippen LogP contribution in [0.25, 0.3) is 64.7 Å². The molecule has 1 heterocycles. The maximum atomic E-state index is 2.62. The van der Waals surface area contributed by atoms with Crippen molar-refractivity contribution in [1.29, 1.82) is 0 Å². The molecule has 3 aliphatic carbocycles. The number of fused-ring (bicyclic) bond motifs is 10. The van der Waals surface area contributed by atoms with Gasteiger partial charge in [-0.15, -0.1) is 11.3 Å². The summed E-state index contributed by atoms with van der Waals surface area (Å²) in [6, 6.07) is 69.9. The van der Waals surface area contributed by atoms with Crippen LogP contribution in [-0.4, -0.2) is 0 Å². The summed E-state index contributed by atoms with van der Waals surface area (Å²) in [6.45, 7) is 2.40. The second-order valence-electron chi connectivity index (χ2n) is 16.9. The summed E-state index contributed by atoms with van der Waals surface area (Å²) >= 11 is 1.86. The zero-order valence-electron chi connectivity index (χ0n) is 33.1. The maximum Gasteiger partial charge on any atom is 0.0468 e. The molecule has 282 valence electrons. The zero-order chi connectivity index (χ0) is 39.1. The van der Waals surface area contributed by atoms with Gasteiger partial charge in [0.05, 0.1) is 0 Å². The van der Waals surface area contributed by atoms with Gasteiger partial charge in [-0.25, -0.2) is 0 Å². The van der Waals surface area contributed by atoms with Crippen molar-refractivity contribution in [2.75, 3.05) is 4.90 Å². The van der Waals surface area contributed by atoms with Gasteiger partial charge in [-0.2, -0.15) is 0 Å². The van der Waals surface area contributed by atoms with E-state index in [4.69, 9.17) is 0 Å². The highest BCUT2D eigenvalue weighted by atomic mass is 32.1. The summed E-state index contributed by atoms with van der Waals surface area (Å²) < 4.78 is 2.64. The average molecular weight is 774 g/mol. The fourth-order valence-electron chi connectivity index (χ4n) is 11.0. The van der Waals surface area contributed by atoms with Crippen LogP contribution >= 0.6 is 11.3 Å². The number of hydrogen-bond acceptors (Lipinski definition) is 2. The molecule has 0 amide bonds. The molecule has 3 unspecified atom stereocenters. The van der Waals surface area contributed by atoms with Crippen LogP contribution < -0.4 is 4.90 Å². The number of allylic oxidation sites excluding steroid dienone is 2. The van der Waals surface area contributed by atoms with Crippen LogP contribution in [0.5, 0.6) is 0 Å². The van der Waals surface area contributed by atoms with Crippen molar-refractivity contribution in [1.82, 2.24) is 0 Å². The number of nitrogens with zero attached hydrogens (tertiary/aromatic N) is 1. The van der Waals surface area contributed by atoms with E-state index in [0.717, 1.165) is 23.0 Å². The van der Waals surface area contributed by atoms with Crippen molar-refractivity contribution in [3.63, 3.8) is 0 Å². The lowest BCUT2D eigenvalue weighted by Crippen LogP contribution is -2.23. The first-order chi connectivity index (χ1) is 29.1. The van der Waals surface area contributed by atoms with Gasteiger partial charge in [0.25, 0.3) is 0 Å². The van der Waals surface area contributed by atoms with Gasteiger partial charge in [0.2, 0.25) is 0 Å². The van der Waals surface area contributed by atoms with Crippen molar-refractivity contribution < 1.29 is 0 Å². The van der Waals surface area contributed by atoms with Gasteiger partial charge < -0.3 is 4.90 Å². The molecule has 59 heavy (non-hydrogen) atoms. The summed E-state index contributed by atoms with van der Waals surface area (Å²) in [5, 5.41) is 2.62. The summed E-state index contributed by atoms with van der Waals surface area (Å²) in [7, 11) is 0. The standard InChI is InChI=1S/C57H43NS/c1-37-34-43-32-33-57(53(43)35-37)51-15-7-5-13-49(51)56-47(14-9-16-52(56)57)42-24-22-40(23-25-42)38-18-20-39(21-19-38)41-26-28-45(29-27-41)58(44-10-3-2-4-11-44)46-30-31-55-50(36-46)48-12-6-8-17-54(48)59-55/h2-31,35-37,43H,32-34H2,1H3. The van der Waals surface area contributed by atoms with Crippen LogP contribution in [-0.2, 0) is 5.41 Å². The molecule has 0 bridgehead atoms. The lowest BCUT2D eigenvalue weighted by molar-refractivity contribution is 0.533. The van der Waals surface area contributed by atoms with E-state index in [1.165, 1.54) is 95.1 Å². The first kappa shape index (κ1) is 34.6. The fraction of sp³-hybridized carbons (Fsp3) is 0.123. The number of thiophene rings is 1. The van der Waals surface area contributed by atoms with E-state index in [1.807, 2.05) is 11.3 Å². The molecule has 0 saturated heterocycles. The van der Waals surface area contributed by atoms with Crippen molar-refractivity contribution in [3.8, 4) is 44.5 Å². The van der Waals surface area contributed by atoms with E-state index in [1.54, 1.807) is 5.57 Å². The number of benzene rings is 8. The van der Waals surface area contributed by atoms with Gasteiger partial charge in [-0.3, -0.25) is 0 Å². The Morgan fingerprint density at radius 2 is 1.07 bits per heavy atom. The molecular formula is C57H43NS. The molecular weight excluding hydrogens is 731 g/mol. The summed E-state index contributed by atoms with van der Waals surface area (Å²) in [5.41, 5.74) is 18.6. The van der Waals surface area contributed by atoms with E-state index in [0.29, 0.717) is 5.92 Å². The molecule has 0 radical (unpaired) electrons. The van der Waals surface area contributed by atoms with Crippen LogP contribution in [0.4, 0.5) is 17.1 Å². The number of para-hydroxylation sites is 1. The minimum absolute atomic E-state index is 0.0371. The van der Waals surface area contributed by atoms with E-state index >= 15 is 0 Å². The Kier molecular flexibility index (Phi) is 7.93. The minimum Gasteiger partial charge on any atom is -0.310 e. The summed E-state index contributed by atoms with van der Waals surface area (Å²) in [4.78, 5) is 2.36. The van der Waals surface area contributed by atoms with Gasteiger partial charge >= 0.3 is 0 Å². The van der Waals surface area contributed by atoms with Crippen molar-refractivity contribution in [3.05, 3.63) is 211 Å². The van der Waals surface area contributed by atoms with E-state index in [2.05, 4.69) is 206 Å². The zero-order valence-corrected chi connectivity index (χ0v) is 33.9. The molecule has 8 aromatic carbocycles. The Hall–Kier alpha value is -6.48. The number of anilines is 3. The third kappa shape index (κ3) is 5.43. The molecule has 3 atom stereocenters. The molecule has 1 aromatic heterocycles. The number of rotatable bonds is 6. The molecule has 0 aliphatic heterocycles. The third-order valence-electron chi connectivity index (χ3n) is 13.6. The lowest BCUT2D eigenvalue weighted by atomic mass is 9.73. The predicted molar refractivity (Wildman–Crippen MR) is 251 cm³/mol. The van der Waals surface area contributed by atoms with E-state index in [9.17, 15) is 0 Å². The Labute approximate surface area is 350 Å². The van der Waals surface area contributed by atoms with Gasteiger partial charge in [-0.05, 0) is 135 Å². The van der Waals surface area contributed by atoms with Gasteiger partial charge in [0.1, 0.15) is 0 Å². The summed E-state index contributed by atoms with van der Waals surface area (Å²) in [5.74, 6) is 1.39. The average Bonchev–Trinajstić information content (AvgIpc) is 4.04. The van der Waals surface area contributed by atoms with Crippen LogP contribution in [0.3, 0.4) is 0 Å². The van der Waals surface area contributed by atoms with Gasteiger partial charge in [0.15, 0.2) is 0 Å². The highest BCUT2D eigenvalue weighted by Crippen LogP contribution is 2.64. The smallest absolute Gasteiger partial charge is 0.0468 e. The van der Waals surface area contributed by atoms with Crippen LogP contribution in [0.15, 0.2) is 200 Å². The minimum atomic E-state index is 0.0371. The lowest BCUT2D eigenvalue weighted by Gasteiger charge is -2.29. The topological polar surface area (TPSA) is 3.24 Å². The molecule has 1 saturated carbocycles. The van der Waals surface area contributed by atoms with Crippen molar-refractivity contribution in [2.24, 2.45) is 11.8 Å². The first-order valence-corrected chi connectivity index (χ1v) is 22.0. The molecule has 3 aliphatic rings. The third-order valence-corrected chi connectivity index (χ3v) is 14.8. The highest BCUT2D eigenvalue weighted by Gasteiger charge is 2.53. The Balaban J connectivity index is 0.832. The highest BCUT2D eigenvalue weighted by molar-refractivity contribution is 7.25. The monoisotopic (exact) mass is 773 g/mol. The second-order valence-corrected chi connectivity index (χ2v) is 18.0. The molecule has 1 nitrogen and oxygen atoms in total. The molecule has 1 spiro atoms. The quantitative estimate of drug-likeness (QED) is 0.152. The SMILES string of the molecule is CC1C=C2C(CCC23c2ccccc2-c2c(-c4ccc(-c5ccc(-c6ccc(N(c7ccccc7)c7ccc8sc9ccccc9c8c7)cc6)cc5)cc4)cccc23)C1. The molecule has 12 rings (SSSR count). The molecule has 1 fully saturated rings. The van der Waals surface area contributed by atoms with Crippen molar-refractivity contribution >= 4 is 48.6 Å². The van der Waals surface area contributed by atoms with E-state index in [-0.39, 0.29) is 5.41 Å². The predicted octanol–water partition coefficient (Wildman–Crippen LogP) is 16.2. The maximum absolute atomic E-state index is 2.62. The fourth-order valence-corrected chi connectivity index (χ4v) is 12.1. The van der Waals surface area contributed by atoms with Crippen LogP contribution in [0, 0.1) is 11.8 Å². The Bertz CT molecular complexity index is 3080. The number of hydrogen-bond donors (Lipinski definition) is 0. The van der Waals surface area contributed by atoms with E-state index < -0.39 is 0 Å². The Morgan fingerprint density at radius 3 is 1.83 bits per heavy atom. The van der Waals surface area contributed by atoms with Crippen molar-refractivity contribution in [2.45, 2.75) is 31.6 Å². The molecule has 0 N–H and O–H groups in total. The molecule has 9 aromatic rings. The second kappa shape index (κ2) is 13.5. The summed E-state index contributed by atoms with van der Waals surface area (Å²) in [6.07, 6.45) is 6.45. The van der Waals surface area contributed by atoms with Gasteiger partial charge in [0, 0.05) is 42.6 Å². The first-order valence-electron chi connectivity index (χ1n) is 21.2. The van der Waals surface area contributed by atoms with Gasteiger partial charge in [-0.1, -0.05) is 158 Å². The van der Waals surface area contributed by atoms with Crippen LogP contribution in [0.2, 0.25) is 0 Å². The largest absolute Gasteiger partial charge is 0.310 e.